The summed E-state index contributed by atoms with van der Waals surface area (Å²) >= 11 is 0. The molecule has 8 nitrogen and oxygen atoms in total. The van der Waals surface area contributed by atoms with Crippen molar-refractivity contribution in [3.8, 4) is 0 Å². The second kappa shape index (κ2) is 10.0. The van der Waals surface area contributed by atoms with Gasteiger partial charge >= 0.3 is 0 Å². The van der Waals surface area contributed by atoms with Gasteiger partial charge in [0, 0.05) is 32.2 Å². The highest BCUT2D eigenvalue weighted by Gasteiger charge is 2.33. The Bertz CT molecular complexity index is 1010. The minimum Gasteiger partial charge on any atom is -0.387 e. The molecular weight excluding hydrogens is 418 g/mol. The van der Waals surface area contributed by atoms with Crippen LogP contribution in [-0.4, -0.2) is 49.3 Å². The van der Waals surface area contributed by atoms with Crippen LogP contribution in [0.4, 0.5) is 5.69 Å². The predicted molar refractivity (Wildman–Crippen MR) is 117 cm³/mol. The van der Waals surface area contributed by atoms with Gasteiger partial charge in [0.05, 0.1) is 16.9 Å². The SMILES string of the molecule is CC(=O)Nc1ccc(S(=O)(=O)N2CCC[C@@H](C(=O)NC[C@@H](O)c3ccccc3)C2)cc1. The van der Waals surface area contributed by atoms with E-state index in [1.807, 2.05) is 18.2 Å². The van der Waals surface area contributed by atoms with E-state index in [-0.39, 0.29) is 29.8 Å². The van der Waals surface area contributed by atoms with Crippen molar-refractivity contribution < 1.29 is 23.1 Å². The van der Waals surface area contributed by atoms with Crippen molar-refractivity contribution in [2.45, 2.75) is 30.8 Å². The minimum atomic E-state index is -3.76. The Morgan fingerprint density at radius 2 is 1.81 bits per heavy atom. The third kappa shape index (κ3) is 5.90. The number of piperidine rings is 1. The fraction of sp³-hybridized carbons (Fsp3) is 0.364. The van der Waals surface area contributed by atoms with E-state index in [9.17, 15) is 23.1 Å². The van der Waals surface area contributed by atoms with Gasteiger partial charge < -0.3 is 15.7 Å². The van der Waals surface area contributed by atoms with Gasteiger partial charge in [-0.25, -0.2) is 8.42 Å². The van der Waals surface area contributed by atoms with E-state index in [2.05, 4.69) is 10.6 Å². The molecular formula is C22H27N3O5S. The number of rotatable bonds is 7. The van der Waals surface area contributed by atoms with Crippen molar-refractivity contribution in [3.05, 3.63) is 60.2 Å². The van der Waals surface area contributed by atoms with Crippen LogP contribution in [0, 0.1) is 5.92 Å². The maximum atomic E-state index is 13.0. The highest BCUT2D eigenvalue weighted by molar-refractivity contribution is 7.89. The van der Waals surface area contributed by atoms with E-state index < -0.39 is 22.0 Å². The highest BCUT2D eigenvalue weighted by atomic mass is 32.2. The summed E-state index contributed by atoms with van der Waals surface area (Å²) in [6, 6.07) is 15.0. The van der Waals surface area contributed by atoms with Crippen LogP contribution in [0.15, 0.2) is 59.5 Å². The zero-order chi connectivity index (χ0) is 22.4. The first kappa shape index (κ1) is 22.9. The van der Waals surface area contributed by atoms with Gasteiger partial charge in [-0.05, 0) is 42.7 Å². The van der Waals surface area contributed by atoms with Crippen LogP contribution in [0.3, 0.4) is 0 Å². The Hall–Kier alpha value is -2.75. The predicted octanol–water partition coefficient (Wildman–Crippen LogP) is 1.90. The summed E-state index contributed by atoms with van der Waals surface area (Å²) in [5, 5.41) is 15.6. The van der Waals surface area contributed by atoms with Crippen molar-refractivity contribution in [1.29, 1.82) is 0 Å². The second-order valence-electron chi connectivity index (χ2n) is 7.58. The smallest absolute Gasteiger partial charge is 0.243 e. The summed E-state index contributed by atoms with van der Waals surface area (Å²) in [4.78, 5) is 23.8. The molecule has 166 valence electrons. The van der Waals surface area contributed by atoms with Crippen LogP contribution in [0.25, 0.3) is 0 Å². The van der Waals surface area contributed by atoms with E-state index >= 15 is 0 Å². The van der Waals surface area contributed by atoms with Crippen molar-refractivity contribution >= 4 is 27.5 Å². The molecule has 2 aromatic carbocycles. The van der Waals surface area contributed by atoms with Gasteiger partial charge in [-0.2, -0.15) is 4.31 Å². The molecule has 1 fully saturated rings. The molecule has 0 unspecified atom stereocenters. The number of hydrogen-bond donors (Lipinski definition) is 3. The Morgan fingerprint density at radius 1 is 1.13 bits per heavy atom. The maximum absolute atomic E-state index is 13.0. The van der Waals surface area contributed by atoms with Crippen molar-refractivity contribution in [3.63, 3.8) is 0 Å². The molecule has 0 bridgehead atoms. The molecule has 3 rings (SSSR count). The van der Waals surface area contributed by atoms with Crippen LogP contribution < -0.4 is 10.6 Å². The first-order valence-corrected chi connectivity index (χ1v) is 11.6. The van der Waals surface area contributed by atoms with Gasteiger partial charge in [0.1, 0.15) is 0 Å². The molecule has 1 aliphatic heterocycles. The number of carbonyl (C=O) groups is 2. The molecule has 0 aliphatic carbocycles. The van der Waals surface area contributed by atoms with Gasteiger partial charge in [0.2, 0.25) is 21.8 Å². The highest BCUT2D eigenvalue weighted by Crippen LogP contribution is 2.25. The molecule has 0 aromatic heterocycles. The van der Waals surface area contributed by atoms with Crippen LogP contribution in [0.1, 0.15) is 31.4 Å². The molecule has 1 saturated heterocycles. The van der Waals surface area contributed by atoms with Crippen molar-refractivity contribution in [1.82, 2.24) is 9.62 Å². The fourth-order valence-corrected chi connectivity index (χ4v) is 5.10. The first-order valence-electron chi connectivity index (χ1n) is 10.2. The van der Waals surface area contributed by atoms with Crippen LogP contribution in [0.5, 0.6) is 0 Å². The lowest BCUT2D eigenvalue weighted by molar-refractivity contribution is -0.126. The number of anilines is 1. The molecule has 2 aromatic rings. The number of sulfonamides is 1. The molecule has 2 amide bonds. The van der Waals surface area contributed by atoms with Gasteiger partial charge in [-0.3, -0.25) is 9.59 Å². The molecule has 0 spiro atoms. The monoisotopic (exact) mass is 445 g/mol. The summed E-state index contributed by atoms with van der Waals surface area (Å²) in [6.45, 7) is 1.87. The summed E-state index contributed by atoms with van der Waals surface area (Å²) < 4.78 is 27.3. The number of nitrogens with one attached hydrogen (secondary N) is 2. The lowest BCUT2D eigenvalue weighted by Gasteiger charge is -2.31. The van der Waals surface area contributed by atoms with Crippen LogP contribution in [-0.2, 0) is 19.6 Å². The molecule has 31 heavy (non-hydrogen) atoms. The van der Waals surface area contributed by atoms with Gasteiger partial charge in [0.25, 0.3) is 0 Å². The Morgan fingerprint density at radius 3 is 2.45 bits per heavy atom. The van der Waals surface area contributed by atoms with Crippen molar-refractivity contribution in [2.75, 3.05) is 25.0 Å². The Labute approximate surface area is 182 Å². The molecule has 3 N–H and O–H groups in total. The maximum Gasteiger partial charge on any atom is 0.243 e. The summed E-state index contributed by atoms with van der Waals surface area (Å²) in [5.74, 6) is -0.987. The zero-order valence-corrected chi connectivity index (χ0v) is 18.1. The van der Waals surface area contributed by atoms with Gasteiger partial charge in [0.15, 0.2) is 0 Å². The number of aliphatic hydroxyl groups excluding tert-OH is 1. The largest absolute Gasteiger partial charge is 0.387 e. The lowest BCUT2D eigenvalue weighted by Crippen LogP contribution is -2.46. The standard InChI is InChI=1S/C22H27N3O5S/c1-16(26)24-19-9-11-20(12-10-19)31(29,30)25-13-5-8-18(15-25)22(28)23-14-21(27)17-6-3-2-4-7-17/h2-4,6-7,9-12,18,21,27H,5,8,13-15H2,1H3,(H,23,28)(H,24,26)/t18-,21-/m1/s1. The fourth-order valence-electron chi connectivity index (χ4n) is 3.57. The van der Waals surface area contributed by atoms with Crippen LogP contribution >= 0.6 is 0 Å². The quantitative estimate of drug-likeness (QED) is 0.602. The average molecular weight is 446 g/mol. The molecule has 1 heterocycles. The van der Waals surface area contributed by atoms with Gasteiger partial charge in [-0.15, -0.1) is 0 Å². The Balaban J connectivity index is 1.61. The van der Waals surface area contributed by atoms with E-state index in [4.69, 9.17) is 0 Å². The molecule has 2 atom stereocenters. The number of hydrogen-bond acceptors (Lipinski definition) is 5. The normalized spacial score (nSPS) is 18.2. The number of amides is 2. The first-order chi connectivity index (χ1) is 14.8. The van der Waals surface area contributed by atoms with Crippen LogP contribution in [0.2, 0.25) is 0 Å². The third-order valence-electron chi connectivity index (χ3n) is 5.22. The Kier molecular flexibility index (Phi) is 7.42. The lowest BCUT2D eigenvalue weighted by atomic mass is 9.98. The van der Waals surface area contributed by atoms with E-state index in [0.29, 0.717) is 30.6 Å². The molecule has 0 saturated carbocycles. The third-order valence-corrected chi connectivity index (χ3v) is 7.10. The number of aliphatic hydroxyl groups is 1. The average Bonchev–Trinajstić information content (AvgIpc) is 2.78. The summed E-state index contributed by atoms with van der Waals surface area (Å²) in [5.41, 5.74) is 1.22. The molecule has 9 heteroatoms. The van der Waals surface area contributed by atoms with E-state index in [0.717, 1.165) is 0 Å². The van der Waals surface area contributed by atoms with E-state index in [1.165, 1.54) is 35.5 Å². The second-order valence-corrected chi connectivity index (χ2v) is 9.52. The minimum absolute atomic E-state index is 0.0662. The molecule has 0 radical (unpaired) electrons. The number of carbonyl (C=O) groups excluding carboxylic acids is 2. The van der Waals surface area contributed by atoms with E-state index in [1.54, 1.807) is 12.1 Å². The summed E-state index contributed by atoms with van der Waals surface area (Å²) in [6.07, 6.45) is 0.333. The topological polar surface area (TPSA) is 116 Å². The zero-order valence-electron chi connectivity index (χ0n) is 17.3. The number of nitrogens with zero attached hydrogens (tertiary/aromatic N) is 1. The van der Waals surface area contributed by atoms with Gasteiger partial charge in [-0.1, -0.05) is 30.3 Å². The summed E-state index contributed by atoms with van der Waals surface area (Å²) in [7, 11) is -3.76. The van der Waals surface area contributed by atoms with Crippen molar-refractivity contribution in [2.24, 2.45) is 5.92 Å². The number of benzene rings is 2. The molecule has 1 aliphatic rings.